The summed E-state index contributed by atoms with van der Waals surface area (Å²) in [5.41, 5.74) is 0.513. The number of aliphatic hydroxyl groups is 5. The van der Waals surface area contributed by atoms with Crippen molar-refractivity contribution in [2.75, 3.05) is 13.7 Å². The molecule has 10 atom stereocenters. The fraction of sp³-hybridized carbons (Fsp3) is 0.833. The van der Waals surface area contributed by atoms with Gasteiger partial charge in [0.2, 0.25) is 0 Å². The number of aliphatic hydroxyl groups excluding tert-OH is 5. The largest absolute Gasteiger partial charge is 0.466 e. The van der Waals surface area contributed by atoms with Crippen molar-refractivity contribution in [3.05, 3.63) is 11.6 Å². The van der Waals surface area contributed by atoms with Crippen molar-refractivity contribution < 1.29 is 44.5 Å². The summed E-state index contributed by atoms with van der Waals surface area (Å²) in [6.45, 7) is 1.34. The van der Waals surface area contributed by atoms with E-state index in [1.54, 1.807) is 6.08 Å². The molecule has 0 aromatic carbocycles. The Labute approximate surface area is 157 Å². The van der Waals surface area contributed by atoms with Crippen molar-refractivity contribution >= 4 is 5.97 Å². The molecule has 0 bridgehead atoms. The minimum atomic E-state index is -1.52. The fourth-order valence-corrected chi connectivity index (χ4v) is 4.59. The quantitative estimate of drug-likeness (QED) is 0.356. The number of carbonyl (C=O) groups excluding carboxylic acids is 1. The Morgan fingerprint density at radius 3 is 2.56 bits per heavy atom. The Morgan fingerprint density at radius 2 is 1.93 bits per heavy atom. The molecule has 3 aliphatic rings. The van der Waals surface area contributed by atoms with Gasteiger partial charge in [0.1, 0.15) is 24.4 Å². The van der Waals surface area contributed by atoms with E-state index in [0.29, 0.717) is 18.4 Å². The van der Waals surface area contributed by atoms with Crippen LogP contribution in [0.1, 0.15) is 19.8 Å². The monoisotopic (exact) mass is 388 g/mol. The van der Waals surface area contributed by atoms with Crippen molar-refractivity contribution in [2.45, 2.75) is 62.7 Å². The Kier molecular flexibility index (Phi) is 6.21. The van der Waals surface area contributed by atoms with Gasteiger partial charge >= 0.3 is 5.97 Å². The van der Waals surface area contributed by atoms with E-state index < -0.39 is 55.5 Å². The second-order valence-electron chi connectivity index (χ2n) is 7.60. The lowest BCUT2D eigenvalue weighted by Gasteiger charge is -2.43. The molecule has 3 rings (SSSR count). The number of methoxy groups -OCH3 is 1. The third kappa shape index (κ3) is 3.65. The Hall–Kier alpha value is -1.07. The van der Waals surface area contributed by atoms with Gasteiger partial charge in [-0.15, -0.1) is 0 Å². The van der Waals surface area contributed by atoms with Crippen LogP contribution in [0.25, 0.3) is 0 Å². The molecule has 0 spiro atoms. The third-order valence-corrected chi connectivity index (χ3v) is 6.15. The van der Waals surface area contributed by atoms with Crippen molar-refractivity contribution in [1.82, 2.24) is 0 Å². The van der Waals surface area contributed by atoms with E-state index >= 15 is 0 Å². The molecule has 0 aromatic rings. The van der Waals surface area contributed by atoms with Crippen molar-refractivity contribution in [2.24, 2.45) is 17.8 Å². The summed E-state index contributed by atoms with van der Waals surface area (Å²) in [4.78, 5) is 12.1. The smallest absolute Gasteiger partial charge is 0.333 e. The van der Waals surface area contributed by atoms with Crippen LogP contribution in [0.15, 0.2) is 11.6 Å². The Morgan fingerprint density at radius 1 is 1.22 bits per heavy atom. The number of carbonyl (C=O) groups is 1. The summed E-state index contributed by atoms with van der Waals surface area (Å²) in [6, 6.07) is 0. The molecule has 9 nitrogen and oxygen atoms in total. The van der Waals surface area contributed by atoms with E-state index in [-0.39, 0.29) is 17.8 Å². The van der Waals surface area contributed by atoms with Crippen LogP contribution in [-0.4, -0.2) is 88.1 Å². The molecule has 9 heteroatoms. The Balaban J connectivity index is 1.80. The molecule has 0 amide bonds. The second-order valence-corrected chi connectivity index (χ2v) is 7.60. The molecule has 1 saturated heterocycles. The summed E-state index contributed by atoms with van der Waals surface area (Å²) < 4.78 is 16.2. The Bertz CT molecular complexity index is 577. The van der Waals surface area contributed by atoms with Gasteiger partial charge in [-0.1, -0.05) is 13.0 Å². The minimum absolute atomic E-state index is 0.154. The first-order valence-electron chi connectivity index (χ1n) is 9.22. The van der Waals surface area contributed by atoms with E-state index in [9.17, 15) is 30.3 Å². The molecular formula is C18H28O9. The van der Waals surface area contributed by atoms with Gasteiger partial charge in [-0.25, -0.2) is 4.79 Å². The van der Waals surface area contributed by atoms with Crippen molar-refractivity contribution in [1.29, 1.82) is 0 Å². The average Bonchev–Trinajstić information content (AvgIpc) is 2.96. The first-order chi connectivity index (χ1) is 12.8. The van der Waals surface area contributed by atoms with Crippen LogP contribution in [-0.2, 0) is 19.0 Å². The van der Waals surface area contributed by atoms with E-state index in [0.717, 1.165) is 0 Å². The first-order valence-corrected chi connectivity index (χ1v) is 9.22. The van der Waals surface area contributed by atoms with Gasteiger partial charge in [0.25, 0.3) is 0 Å². The number of hydrogen-bond acceptors (Lipinski definition) is 9. The van der Waals surface area contributed by atoms with Gasteiger partial charge in [-0.2, -0.15) is 0 Å². The van der Waals surface area contributed by atoms with Gasteiger partial charge in [0.05, 0.1) is 25.9 Å². The summed E-state index contributed by atoms with van der Waals surface area (Å²) in [6.07, 6.45) is -5.39. The van der Waals surface area contributed by atoms with Crippen LogP contribution < -0.4 is 0 Å². The molecule has 0 radical (unpaired) electrons. The van der Waals surface area contributed by atoms with Crippen molar-refractivity contribution in [3.63, 3.8) is 0 Å². The summed E-state index contributed by atoms with van der Waals surface area (Å²) >= 11 is 0. The molecule has 10 unspecified atom stereocenters. The highest BCUT2D eigenvalue weighted by atomic mass is 16.7. The predicted molar refractivity (Wildman–Crippen MR) is 90.1 cm³/mol. The maximum absolute atomic E-state index is 12.1. The third-order valence-electron chi connectivity index (χ3n) is 6.15. The van der Waals surface area contributed by atoms with Crippen LogP contribution >= 0.6 is 0 Å². The summed E-state index contributed by atoms with van der Waals surface area (Å²) in [5.74, 6) is -1.03. The molecule has 27 heavy (non-hydrogen) atoms. The molecule has 0 aromatic heterocycles. The van der Waals surface area contributed by atoms with Gasteiger partial charge in [-0.05, 0) is 30.6 Å². The van der Waals surface area contributed by atoms with Gasteiger partial charge < -0.3 is 39.7 Å². The molecule has 5 N–H and O–H groups in total. The van der Waals surface area contributed by atoms with E-state index in [2.05, 4.69) is 0 Å². The first kappa shape index (κ1) is 20.7. The predicted octanol–water partition coefficient (Wildman–Crippen LogP) is -1.69. The average molecular weight is 388 g/mol. The summed E-state index contributed by atoms with van der Waals surface area (Å²) in [7, 11) is 1.31. The van der Waals surface area contributed by atoms with Crippen LogP contribution in [0.2, 0.25) is 0 Å². The zero-order valence-electron chi connectivity index (χ0n) is 15.3. The highest BCUT2D eigenvalue weighted by Gasteiger charge is 2.51. The van der Waals surface area contributed by atoms with Crippen LogP contribution in [0, 0.1) is 17.8 Å². The highest BCUT2D eigenvalue weighted by Crippen LogP contribution is 2.48. The van der Waals surface area contributed by atoms with Crippen molar-refractivity contribution in [3.8, 4) is 0 Å². The minimum Gasteiger partial charge on any atom is -0.466 e. The van der Waals surface area contributed by atoms with E-state index in [1.807, 2.05) is 6.92 Å². The number of rotatable bonds is 4. The normalized spacial score (nSPS) is 47.3. The van der Waals surface area contributed by atoms with Gasteiger partial charge in [0.15, 0.2) is 6.29 Å². The molecule has 1 saturated carbocycles. The standard InChI is InChI=1S/C18H28O9/c1-7-10(20)5-9-8(17(24)25-2)3-4-11(13(7)9)26-18-16(23)15(22)14(21)12(6-19)27-18/h3,7,9-16,18-23H,4-6H2,1-2H3. The van der Waals surface area contributed by atoms with E-state index in [1.165, 1.54) is 7.11 Å². The fourth-order valence-electron chi connectivity index (χ4n) is 4.59. The molecule has 2 fully saturated rings. The number of fused-ring (bicyclic) bond motifs is 1. The molecule has 2 aliphatic carbocycles. The highest BCUT2D eigenvalue weighted by molar-refractivity contribution is 5.89. The zero-order valence-corrected chi connectivity index (χ0v) is 15.3. The summed E-state index contributed by atoms with van der Waals surface area (Å²) in [5, 5.41) is 49.7. The lowest BCUT2D eigenvalue weighted by molar-refractivity contribution is -0.316. The zero-order chi connectivity index (χ0) is 19.9. The number of esters is 1. The van der Waals surface area contributed by atoms with Crippen LogP contribution in [0.4, 0.5) is 0 Å². The lowest BCUT2D eigenvalue weighted by atomic mass is 9.75. The molecule has 1 aliphatic heterocycles. The maximum atomic E-state index is 12.1. The van der Waals surface area contributed by atoms with Gasteiger partial charge in [-0.3, -0.25) is 0 Å². The second kappa shape index (κ2) is 8.12. The topological polar surface area (TPSA) is 146 Å². The van der Waals surface area contributed by atoms with Crippen LogP contribution in [0.5, 0.6) is 0 Å². The molecular weight excluding hydrogens is 360 g/mol. The van der Waals surface area contributed by atoms with Gasteiger partial charge in [0, 0.05) is 5.57 Å². The van der Waals surface area contributed by atoms with E-state index in [4.69, 9.17) is 14.2 Å². The molecule has 154 valence electrons. The number of ether oxygens (including phenoxy) is 3. The van der Waals surface area contributed by atoms with Crippen LogP contribution in [0.3, 0.4) is 0 Å². The number of hydrogen-bond donors (Lipinski definition) is 5. The molecule has 1 heterocycles. The maximum Gasteiger partial charge on any atom is 0.333 e. The SMILES string of the molecule is COC(=O)C1=CCC(OC2OC(CO)C(O)C(O)C2O)C2C1CC(O)C2C. The lowest BCUT2D eigenvalue weighted by Crippen LogP contribution is -2.60.